The quantitative estimate of drug-likeness (QED) is 0.832. The van der Waals surface area contributed by atoms with Crippen molar-refractivity contribution < 1.29 is 4.79 Å². The van der Waals surface area contributed by atoms with Crippen LogP contribution in [-0.2, 0) is 17.6 Å². The van der Waals surface area contributed by atoms with Crippen molar-refractivity contribution in [3.63, 3.8) is 0 Å². The minimum Gasteiger partial charge on any atom is -0.355 e. The second-order valence-corrected chi connectivity index (χ2v) is 8.72. The van der Waals surface area contributed by atoms with Crippen LogP contribution in [0.15, 0.2) is 0 Å². The molecule has 24 heavy (non-hydrogen) atoms. The van der Waals surface area contributed by atoms with E-state index in [9.17, 15) is 4.79 Å². The highest BCUT2D eigenvalue weighted by Gasteiger charge is 2.32. The van der Waals surface area contributed by atoms with Crippen LogP contribution >= 0.6 is 11.3 Å². The second kappa shape index (κ2) is 5.51. The van der Waals surface area contributed by atoms with Crippen LogP contribution in [0.2, 0.25) is 0 Å². The minimum absolute atomic E-state index is 0.114. The Morgan fingerprint density at radius 1 is 1.12 bits per heavy atom. The third-order valence-corrected chi connectivity index (χ3v) is 6.91. The van der Waals surface area contributed by atoms with Gasteiger partial charge in [0.1, 0.15) is 22.3 Å². The Kier molecular flexibility index (Phi) is 3.40. The molecule has 1 saturated heterocycles. The summed E-state index contributed by atoms with van der Waals surface area (Å²) in [5.74, 6) is 3.24. The summed E-state index contributed by atoms with van der Waals surface area (Å²) < 4.78 is 0. The molecular weight excluding hydrogens is 318 g/mol. The maximum Gasteiger partial charge on any atom is 0.141 e. The fourth-order valence-corrected chi connectivity index (χ4v) is 5.38. The predicted octanol–water partition coefficient (Wildman–Crippen LogP) is 3.86. The molecule has 0 aromatic carbocycles. The van der Waals surface area contributed by atoms with Crippen molar-refractivity contribution in [3.05, 3.63) is 16.3 Å². The summed E-state index contributed by atoms with van der Waals surface area (Å²) in [6.45, 7) is 3.67. The largest absolute Gasteiger partial charge is 0.355 e. The molecule has 1 aliphatic heterocycles. The Morgan fingerprint density at radius 2 is 1.96 bits per heavy atom. The lowest BCUT2D eigenvalue weighted by atomic mass is 9.95. The van der Waals surface area contributed by atoms with Crippen LogP contribution in [0.1, 0.15) is 61.2 Å². The van der Waals surface area contributed by atoms with E-state index in [1.54, 1.807) is 0 Å². The van der Waals surface area contributed by atoms with Crippen LogP contribution in [0.3, 0.4) is 0 Å². The number of anilines is 1. The zero-order chi connectivity index (χ0) is 16.3. The van der Waals surface area contributed by atoms with Gasteiger partial charge in [0, 0.05) is 36.2 Å². The number of rotatable bonds is 2. The van der Waals surface area contributed by atoms with Gasteiger partial charge in [-0.2, -0.15) is 0 Å². The summed E-state index contributed by atoms with van der Waals surface area (Å²) in [7, 11) is 0. The van der Waals surface area contributed by atoms with Gasteiger partial charge in [0.15, 0.2) is 0 Å². The molecule has 1 saturated carbocycles. The van der Waals surface area contributed by atoms with Gasteiger partial charge in [0.05, 0.1) is 5.39 Å². The van der Waals surface area contributed by atoms with E-state index in [2.05, 4.69) is 11.8 Å². The van der Waals surface area contributed by atoms with E-state index in [4.69, 9.17) is 9.97 Å². The Hall–Kier alpha value is -1.49. The fourth-order valence-electron chi connectivity index (χ4n) is 4.11. The summed E-state index contributed by atoms with van der Waals surface area (Å²) in [6.07, 6.45) is 8.04. The van der Waals surface area contributed by atoms with Crippen molar-refractivity contribution in [2.45, 2.75) is 57.8 Å². The van der Waals surface area contributed by atoms with Gasteiger partial charge < -0.3 is 4.90 Å². The molecular formula is C19H23N3OS. The van der Waals surface area contributed by atoms with Crippen LogP contribution in [0.4, 0.5) is 5.82 Å². The Balaban J connectivity index is 1.67. The molecule has 0 spiro atoms. The molecule has 3 aliphatic rings. The van der Waals surface area contributed by atoms with Crippen molar-refractivity contribution in [2.24, 2.45) is 5.92 Å². The molecule has 2 aromatic rings. The molecule has 4 nitrogen and oxygen atoms in total. The second-order valence-electron chi connectivity index (χ2n) is 7.63. The van der Waals surface area contributed by atoms with Crippen molar-refractivity contribution in [1.29, 1.82) is 0 Å². The van der Waals surface area contributed by atoms with Gasteiger partial charge in [0.25, 0.3) is 0 Å². The molecule has 2 aromatic heterocycles. The monoisotopic (exact) mass is 341 g/mol. The van der Waals surface area contributed by atoms with E-state index in [0.717, 1.165) is 31.2 Å². The molecule has 0 radical (unpaired) electrons. The van der Waals surface area contributed by atoms with Gasteiger partial charge in [-0.05, 0) is 44.1 Å². The van der Waals surface area contributed by atoms with Crippen LogP contribution in [0, 0.1) is 5.92 Å². The number of thiophene rings is 1. The molecule has 5 heteroatoms. The van der Waals surface area contributed by atoms with Gasteiger partial charge in [-0.15, -0.1) is 11.3 Å². The molecule has 2 fully saturated rings. The SMILES string of the molecule is CC1CN(c2nc(C3CC3)nc3sc4c(c23)CCCC4)CCC1=O. The predicted molar refractivity (Wildman–Crippen MR) is 97.0 cm³/mol. The first-order chi connectivity index (χ1) is 11.7. The normalized spacial score (nSPS) is 24.5. The third-order valence-electron chi connectivity index (χ3n) is 5.73. The van der Waals surface area contributed by atoms with Gasteiger partial charge >= 0.3 is 0 Å². The van der Waals surface area contributed by atoms with E-state index >= 15 is 0 Å². The topological polar surface area (TPSA) is 46.1 Å². The molecule has 126 valence electrons. The van der Waals surface area contributed by atoms with Crippen LogP contribution in [-0.4, -0.2) is 28.8 Å². The highest BCUT2D eigenvalue weighted by atomic mass is 32.1. The number of aromatic nitrogens is 2. The number of carbonyl (C=O) groups is 1. The van der Waals surface area contributed by atoms with Crippen molar-refractivity contribution in [3.8, 4) is 0 Å². The van der Waals surface area contributed by atoms with E-state index in [1.165, 1.54) is 52.8 Å². The number of aryl methyl sites for hydroxylation is 2. The van der Waals surface area contributed by atoms with Crippen molar-refractivity contribution in [1.82, 2.24) is 9.97 Å². The summed E-state index contributed by atoms with van der Waals surface area (Å²) >= 11 is 1.89. The number of carbonyl (C=O) groups excluding carboxylic acids is 1. The van der Waals surface area contributed by atoms with E-state index < -0.39 is 0 Å². The van der Waals surface area contributed by atoms with E-state index in [1.807, 2.05) is 11.3 Å². The maximum atomic E-state index is 11.9. The van der Waals surface area contributed by atoms with Crippen molar-refractivity contribution >= 4 is 33.2 Å². The Bertz CT molecular complexity index is 824. The minimum atomic E-state index is 0.114. The summed E-state index contributed by atoms with van der Waals surface area (Å²) in [4.78, 5) is 27.0. The van der Waals surface area contributed by atoms with E-state index in [-0.39, 0.29) is 5.92 Å². The Labute approximate surface area is 146 Å². The highest BCUT2D eigenvalue weighted by Crippen LogP contribution is 2.44. The number of hydrogen-bond donors (Lipinski definition) is 0. The number of piperidine rings is 1. The third kappa shape index (κ3) is 2.36. The molecule has 2 aliphatic carbocycles. The molecule has 0 amide bonds. The molecule has 5 rings (SSSR count). The van der Waals surface area contributed by atoms with E-state index in [0.29, 0.717) is 18.1 Å². The number of ketones is 1. The lowest BCUT2D eigenvalue weighted by Gasteiger charge is -2.32. The van der Waals surface area contributed by atoms with Gasteiger partial charge in [0.2, 0.25) is 0 Å². The lowest BCUT2D eigenvalue weighted by molar-refractivity contribution is -0.122. The van der Waals surface area contributed by atoms with Gasteiger partial charge in [-0.25, -0.2) is 9.97 Å². The Morgan fingerprint density at radius 3 is 2.75 bits per heavy atom. The number of fused-ring (bicyclic) bond motifs is 3. The van der Waals surface area contributed by atoms with Crippen LogP contribution in [0.5, 0.6) is 0 Å². The zero-order valence-electron chi connectivity index (χ0n) is 14.2. The smallest absolute Gasteiger partial charge is 0.141 e. The van der Waals surface area contributed by atoms with Gasteiger partial charge in [-0.3, -0.25) is 4.79 Å². The molecule has 1 atom stereocenters. The first-order valence-corrected chi connectivity index (χ1v) is 10.1. The lowest BCUT2D eigenvalue weighted by Crippen LogP contribution is -2.40. The summed E-state index contributed by atoms with van der Waals surface area (Å²) in [5.41, 5.74) is 1.50. The molecule has 1 unspecified atom stereocenters. The number of nitrogens with zero attached hydrogens (tertiary/aromatic N) is 3. The molecule has 0 N–H and O–H groups in total. The molecule has 3 heterocycles. The van der Waals surface area contributed by atoms with Crippen molar-refractivity contribution in [2.75, 3.05) is 18.0 Å². The zero-order valence-corrected chi connectivity index (χ0v) is 15.0. The van der Waals surface area contributed by atoms with Gasteiger partial charge in [-0.1, -0.05) is 6.92 Å². The average Bonchev–Trinajstić information content (AvgIpc) is 3.37. The highest BCUT2D eigenvalue weighted by molar-refractivity contribution is 7.19. The van der Waals surface area contributed by atoms with Crippen LogP contribution in [0.25, 0.3) is 10.2 Å². The van der Waals surface area contributed by atoms with Crippen LogP contribution < -0.4 is 4.90 Å². The summed E-state index contributed by atoms with van der Waals surface area (Å²) in [6, 6.07) is 0. The maximum absolute atomic E-state index is 11.9. The number of hydrogen-bond acceptors (Lipinski definition) is 5. The first-order valence-electron chi connectivity index (χ1n) is 9.30. The number of Topliss-reactive ketones (excluding diaryl/α,β-unsaturated/α-hetero) is 1. The molecule has 0 bridgehead atoms. The first kappa shape index (κ1) is 14.8. The average molecular weight is 341 g/mol. The standard InChI is InChI=1S/C19H23N3OS/c1-11-10-22(9-8-14(11)23)18-16-13-4-2-3-5-15(13)24-19(16)21-17(20-18)12-6-7-12/h11-12H,2-10H2,1H3. The summed E-state index contributed by atoms with van der Waals surface area (Å²) in [5, 5.41) is 1.31. The fraction of sp³-hybridized carbons (Fsp3) is 0.632.